The Kier molecular flexibility index (Phi) is 5.70. The largest absolute Gasteiger partial charge is 0.246 e. The summed E-state index contributed by atoms with van der Waals surface area (Å²) in [5.41, 5.74) is 1.43. The smallest absolute Gasteiger partial charge is 0.0931 e. The molecule has 114 valence electrons. The Morgan fingerprint density at radius 1 is 1.35 bits per heavy atom. The number of nitrogens with zero attached hydrogens (tertiary/aromatic N) is 1. The van der Waals surface area contributed by atoms with Crippen molar-refractivity contribution in [3.8, 4) is 0 Å². The van der Waals surface area contributed by atoms with Crippen LogP contribution in [0.2, 0.25) is 0 Å². The molecular formula is C17H28BrNS. The van der Waals surface area contributed by atoms with Gasteiger partial charge in [0.05, 0.1) is 10.7 Å². The van der Waals surface area contributed by atoms with E-state index >= 15 is 0 Å². The average molecular weight is 358 g/mol. The van der Waals surface area contributed by atoms with Crippen molar-refractivity contribution in [2.45, 2.75) is 76.5 Å². The van der Waals surface area contributed by atoms with E-state index in [1.807, 2.05) is 11.3 Å². The van der Waals surface area contributed by atoms with Crippen molar-refractivity contribution in [1.82, 2.24) is 4.98 Å². The summed E-state index contributed by atoms with van der Waals surface area (Å²) < 4.78 is 0. The minimum absolute atomic E-state index is 0.180. The molecule has 2 rings (SSSR count). The van der Waals surface area contributed by atoms with E-state index in [1.54, 1.807) is 0 Å². The number of thiazole rings is 1. The number of hydrogen-bond acceptors (Lipinski definition) is 2. The van der Waals surface area contributed by atoms with Crippen LogP contribution in [-0.2, 0) is 11.8 Å². The highest BCUT2D eigenvalue weighted by Gasteiger charge is 2.29. The third kappa shape index (κ3) is 4.30. The fourth-order valence-electron chi connectivity index (χ4n) is 3.18. The molecule has 0 aromatic carbocycles. The Labute approximate surface area is 136 Å². The highest BCUT2D eigenvalue weighted by molar-refractivity contribution is 9.09. The van der Waals surface area contributed by atoms with Gasteiger partial charge < -0.3 is 0 Å². The van der Waals surface area contributed by atoms with Crippen LogP contribution in [-0.4, -0.2) is 9.81 Å². The summed E-state index contributed by atoms with van der Waals surface area (Å²) in [5, 5.41) is 3.59. The lowest BCUT2D eigenvalue weighted by Crippen LogP contribution is -2.26. The Morgan fingerprint density at radius 3 is 2.70 bits per heavy atom. The lowest BCUT2D eigenvalue weighted by atomic mass is 9.78. The summed E-state index contributed by atoms with van der Waals surface area (Å²) in [5.74, 6) is 1.72. The molecule has 0 N–H and O–H groups in total. The van der Waals surface area contributed by atoms with Gasteiger partial charge in [0.1, 0.15) is 0 Å². The fraction of sp³-hybridized carbons (Fsp3) is 0.824. The topological polar surface area (TPSA) is 12.9 Å². The molecule has 1 heterocycles. The van der Waals surface area contributed by atoms with Crippen molar-refractivity contribution >= 4 is 27.3 Å². The molecule has 1 fully saturated rings. The van der Waals surface area contributed by atoms with Gasteiger partial charge in [-0.1, -0.05) is 56.5 Å². The van der Waals surface area contributed by atoms with Crippen LogP contribution < -0.4 is 0 Å². The highest BCUT2D eigenvalue weighted by Crippen LogP contribution is 2.38. The van der Waals surface area contributed by atoms with E-state index in [4.69, 9.17) is 4.98 Å². The monoisotopic (exact) mass is 357 g/mol. The molecular weight excluding hydrogens is 330 g/mol. The van der Waals surface area contributed by atoms with Crippen LogP contribution in [0.15, 0.2) is 5.38 Å². The van der Waals surface area contributed by atoms with Crippen LogP contribution in [0.4, 0.5) is 0 Å². The maximum Gasteiger partial charge on any atom is 0.0931 e. The molecule has 1 aromatic rings. The number of alkyl halides is 1. The third-order valence-corrected chi connectivity index (χ3v) is 6.53. The summed E-state index contributed by atoms with van der Waals surface area (Å²) in [6.07, 6.45) is 8.03. The van der Waals surface area contributed by atoms with E-state index in [1.165, 1.54) is 42.8 Å². The van der Waals surface area contributed by atoms with E-state index < -0.39 is 0 Å². The molecule has 0 saturated heterocycles. The molecule has 1 saturated carbocycles. The van der Waals surface area contributed by atoms with Gasteiger partial charge in [0.15, 0.2) is 0 Å². The van der Waals surface area contributed by atoms with Crippen molar-refractivity contribution in [3.05, 3.63) is 16.1 Å². The SMILES string of the molecule is CCCC1CCC(Br)C(Cc2nc(C(C)(C)C)cs2)C1. The van der Waals surface area contributed by atoms with Gasteiger partial charge in [0, 0.05) is 22.0 Å². The van der Waals surface area contributed by atoms with Crippen molar-refractivity contribution in [2.75, 3.05) is 0 Å². The van der Waals surface area contributed by atoms with Crippen LogP contribution in [0.1, 0.15) is 70.5 Å². The van der Waals surface area contributed by atoms with E-state index in [9.17, 15) is 0 Å². The minimum atomic E-state index is 0.180. The van der Waals surface area contributed by atoms with Crippen LogP contribution in [0.25, 0.3) is 0 Å². The second-order valence-corrected chi connectivity index (χ2v) is 9.44. The van der Waals surface area contributed by atoms with Crippen LogP contribution >= 0.6 is 27.3 Å². The molecule has 3 unspecified atom stereocenters. The fourth-order valence-corrected chi connectivity index (χ4v) is 4.96. The van der Waals surface area contributed by atoms with E-state index in [-0.39, 0.29) is 5.41 Å². The van der Waals surface area contributed by atoms with Gasteiger partial charge in [-0.25, -0.2) is 4.98 Å². The summed E-state index contributed by atoms with van der Waals surface area (Å²) in [4.78, 5) is 5.57. The quantitative estimate of drug-likeness (QED) is 0.605. The zero-order valence-electron chi connectivity index (χ0n) is 13.3. The maximum atomic E-state index is 4.88. The van der Waals surface area contributed by atoms with Crippen molar-refractivity contribution < 1.29 is 0 Å². The molecule has 0 amide bonds. The molecule has 0 radical (unpaired) electrons. The van der Waals surface area contributed by atoms with Gasteiger partial charge in [-0.05, 0) is 31.1 Å². The lowest BCUT2D eigenvalue weighted by molar-refractivity contribution is 0.263. The van der Waals surface area contributed by atoms with Gasteiger partial charge in [-0.2, -0.15) is 0 Å². The summed E-state index contributed by atoms with van der Waals surface area (Å²) in [6, 6.07) is 0. The maximum absolute atomic E-state index is 4.88. The molecule has 3 atom stereocenters. The molecule has 0 spiro atoms. The lowest BCUT2D eigenvalue weighted by Gasteiger charge is -2.32. The van der Waals surface area contributed by atoms with E-state index in [0.29, 0.717) is 4.83 Å². The summed E-state index contributed by atoms with van der Waals surface area (Å²) in [6.45, 7) is 9.05. The second kappa shape index (κ2) is 6.91. The van der Waals surface area contributed by atoms with Gasteiger partial charge in [0.2, 0.25) is 0 Å². The van der Waals surface area contributed by atoms with Crippen LogP contribution in [0.3, 0.4) is 0 Å². The molecule has 1 aliphatic carbocycles. The number of halogens is 1. The molecule has 0 bridgehead atoms. The first-order chi connectivity index (χ1) is 9.40. The van der Waals surface area contributed by atoms with Crippen LogP contribution in [0, 0.1) is 11.8 Å². The third-order valence-electron chi connectivity index (χ3n) is 4.45. The normalized spacial score (nSPS) is 27.8. The molecule has 20 heavy (non-hydrogen) atoms. The van der Waals surface area contributed by atoms with E-state index in [2.05, 4.69) is 49.0 Å². The first-order valence-electron chi connectivity index (χ1n) is 7.99. The first-order valence-corrected chi connectivity index (χ1v) is 9.78. The Hall–Kier alpha value is 0.110. The van der Waals surface area contributed by atoms with Crippen molar-refractivity contribution in [3.63, 3.8) is 0 Å². The molecule has 1 aromatic heterocycles. The van der Waals surface area contributed by atoms with Crippen molar-refractivity contribution in [2.24, 2.45) is 11.8 Å². The van der Waals surface area contributed by atoms with Gasteiger partial charge in [-0.15, -0.1) is 11.3 Å². The van der Waals surface area contributed by atoms with E-state index in [0.717, 1.165) is 18.3 Å². The number of aromatic nitrogens is 1. The molecule has 1 nitrogen and oxygen atoms in total. The number of hydrogen-bond donors (Lipinski definition) is 0. The predicted molar refractivity (Wildman–Crippen MR) is 93.0 cm³/mol. The Morgan fingerprint density at radius 2 is 2.10 bits per heavy atom. The number of rotatable bonds is 4. The van der Waals surface area contributed by atoms with Crippen molar-refractivity contribution in [1.29, 1.82) is 0 Å². The summed E-state index contributed by atoms with van der Waals surface area (Å²) >= 11 is 5.77. The van der Waals surface area contributed by atoms with Gasteiger partial charge >= 0.3 is 0 Å². The Bertz CT molecular complexity index is 421. The predicted octanol–water partition coefficient (Wildman–Crippen LogP) is 5.96. The zero-order chi connectivity index (χ0) is 14.8. The van der Waals surface area contributed by atoms with Crippen LogP contribution in [0.5, 0.6) is 0 Å². The molecule has 0 aliphatic heterocycles. The first kappa shape index (κ1) is 16.5. The highest BCUT2D eigenvalue weighted by atomic mass is 79.9. The summed E-state index contributed by atoms with van der Waals surface area (Å²) in [7, 11) is 0. The molecule has 1 aliphatic rings. The Balaban J connectivity index is 1.99. The molecule has 3 heteroatoms. The zero-order valence-corrected chi connectivity index (χ0v) is 15.7. The second-order valence-electron chi connectivity index (χ2n) is 7.32. The minimum Gasteiger partial charge on any atom is -0.246 e. The average Bonchev–Trinajstić information content (AvgIpc) is 2.82. The van der Waals surface area contributed by atoms with Gasteiger partial charge in [-0.3, -0.25) is 0 Å². The standard InChI is InChI=1S/C17H28BrNS/c1-5-6-12-7-8-14(18)13(9-12)10-16-19-15(11-20-16)17(2,3)4/h11-14H,5-10H2,1-4H3. The van der Waals surface area contributed by atoms with Gasteiger partial charge in [0.25, 0.3) is 0 Å².